The molecule has 0 bridgehead atoms. The zero-order chi connectivity index (χ0) is 20.4. The number of methoxy groups -OCH3 is 1. The smallest absolute Gasteiger partial charge is 0.308 e. The lowest BCUT2D eigenvalue weighted by Crippen LogP contribution is -2.25. The van der Waals surface area contributed by atoms with Crippen LogP contribution in [0.3, 0.4) is 0 Å². The van der Waals surface area contributed by atoms with Crippen LogP contribution in [0.2, 0.25) is 0 Å². The van der Waals surface area contributed by atoms with E-state index in [-0.39, 0.29) is 12.5 Å². The number of hydrogen-bond donors (Lipinski definition) is 2. The monoisotopic (exact) mass is 385 g/mol. The van der Waals surface area contributed by atoms with Gasteiger partial charge in [-0.25, -0.2) is 5.43 Å². The second kappa shape index (κ2) is 10.6. The van der Waals surface area contributed by atoms with Crippen LogP contribution >= 0.6 is 0 Å². The minimum atomic E-state index is -0.438. The van der Waals surface area contributed by atoms with Crippen molar-refractivity contribution in [1.29, 1.82) is 0 Å². The van der Waals surface area contributed by atoms with Crippen molar-refractivity contribution in [2.24, 2.45) is 5.10 Å². The molecule has 2 rings (SSSR count). The van der Waals surface area contributed by atoms with Crippen LogP contribution in [0.15, 0.2) is 47.6 Å². The molecule has 0 atom stereocenters. The van der Waals surface area contributed by atoms with E-state index in [0.717, 1.165) is 11.4 Å². The highest BCUT2D eigenvalue weighted by atomic mass is 16.6. The maximum absolute atomic E-state index is 11.9. The van der Waals surface area contributed by atoms with Gasteiger partial charge in [0, 0.05) is 12.6 Å². The molecule has 8 nitrogen and oxygen atoms in total. The zero-order valence-electron chi connectivity index (χ0n) is 16.0. The summed E-state index contributed by atoms with van der Waals surface area (Å²) < 4.78 is 15.6. The molecule has 0 saturated heterocycles. The average molecular weight is 385 g/mol. The van der Waals surface area contributed by atoms with Crippen LogP contribution in [0.4, 0.5) is 5.69 Å². The first-order valence-electron chi connectivity index (χ1n) is 8.67. The quantitative estimate of drug-likeness (QED) is 0.298. The Morgan fingerprint density at radius 2 is 1.86 bits per heavy atom. The number of anilines is 1. The molecule has 2 aromatic carbocycles. The maximum Gasteiger partial charge on any atom is 0.308 e. The van der Waals surface area contributed by atoms with Gasteiger partial charge in [-0.3, -0.25) is 9.59 Å². The Balaban J connectivity index is 1.84. The molecule has 2 aromatic rings. The van der Waals surface area contributed by atoms with E-state index in [1.54, 1.807) is 18.2 Å². The number of benzene rings is 2. The highest BCUT2D eigenvalue weighted by molar-refractivity contribution is 5.85. The summed E-state index contributed by atoms with van der Waals surface area (Å²) in [6.45, 7) is 3.90. The summed E-state index contributed by atoms with van der Waals surface area (Å²) in [5, 5.41) is 6.91. The first kappa shape index (κ1) is 20.8. The van der Waals surface area contributed by atoms with Gasteiger partial charge in [0.1, 0.15) is 5.75 Å². The van der Waals surface area contributed by atoms with Gasteiger partial charge in [0.15, 0.2) is 11.5 Å². The Hall–Kier alpha value is -3.55. The SMILES string of the molecule is CCOc1ccc(NCC(=O)NN=Cc2ccc(OC(C)=O)c(OC)c2)cc1. The molecule has 0 heterocycles. The topological polar surface area (TPSA) is 98.3 Å². The number of hydrogen-bond acceptors (Lipinski definition) is 7. The second-order valence-electron chi connectivity index (χ2n) is 5.61. The Morgan fingerprint density at radius 3 is 2.50 bits per heavy atom. The van der Waals surface area contributed by atoms with Crippen LogP contribution < -0.4 is 25.0 Å². The van der Waals surface area contributed by atoms with Crippen LogP contribution in [0.1, 0.15) is 19.4 Å². The van der Waals surface area contributed by atoms with E-state index in [4.69, 9.17) is 14.2 Å². The fraction of sp³-hybridized carbons (Fsp3) is 0.250. The number of hydrazone groups is 1. The van der Waals surface area contributed by atoms with E-state index in [0.29, 0.717) is 23.7 Å². The van der Waals surface area contributed by atoms with Gasteiger partial charge in [0.25, 0.3) is 5.91 Å². The van der Waals surface area contributed by atoms with Crippen molar-refractivity contribution < 1.29 is 23.8 Å². The van der Waals surface area contributed by atoms with Crippen LogP contribution in [0.25, 0.3) is 0 Å². The predicted octanol–water partition coefficient (Wildman–Crippen LogP) is 2.58. The van der Waals surface area contributed by atoms with E-state index in [1.165, 1.54) is 20.2 Å². The van der Waals surface area contributed by atoms with Crippen molar-refractivity contribution in [3.63, 3.8) is 0 Å². The summed E-state index contributed by atoms with van der Waals surface area (Å²) in [7, 11) is 1.47. The molecule has 0 unspecified atom stereocenters. The standard InChI is InChI=1S/C20H23N3O5/c1-4-27-17-8-6-16(7-9-17)21-13-20(25)23-22-12-15-5-10-18(28-14(2)24)19(11-15)26-3/h5-12,21H,4,13H2,1-3H3,(H,23,25). The van der Waals surface area contributed by atoms with Gasteiger partial charge in [0.2, 0.25) is 0 Å². The molecule has 0 saturated carbocycles. The van der Waals surface area contributed by atoms with Gasteiger partial charge in [-0.2, -0.15) is 5.10 Å². The third-order valence-corrected chi connectivity index (χ3v) is 3.46. The molecule has 0 aromatic heterocycles. The van der Waals surface area contributed by atoms with E-state index in [2.05, 4.69) is 15.8 Å². The van der Waals surface area contributed by atoms with Gasteiger partial charge < -0.3 is 19.5 Å². The summed E-state index contributed by atoms with van der Waals surface area (Å²) in [5.41, 5.74) is 3.91. The summed E-state index contributed by atoms with van der Waals surface area (Å²) in [6.07, 6.45) is 1.47. The van der Waals surface area contributed by atoms with E-state index >= 15 is 0 Å². The number of nitrogens with one attached hydrogen (secondary N) is 2. The Kier molecular flexibility index (Phi) is 7.83. The van der Waals surface area contributed by atoms with Gasteiger partial charge in [-0.1, -0.05) is 0 Å². The summed E-state index contributed by atoms with van der Waals surface area (Å²) in [5.74, 6) is 0.747. The number of amides is 1. The highest BCUT2D eigenvalue weighted by Crippen LogP contribution is 2.27. The van der Waals surface area contributed by atoms with E-state index < -0.39 is 5.97 Å². The third kappa shape index (κ3) is 6.64. The van der Waals surface area contributed by atoms with Crippen molar-refractivity contribution in [3.05, 3.63) is 48.0 Å². The molecule has 2 N–H and O–H groups in total. The molecular formula is C20H23N3O5. The summed E-state index contributed by atoms with van der Waals surface area (Å²) >= 11 is 0. The minimum Gasteiger partial charge on any atom is -0.494 e. The number of esters is 1. The second-order valence-corrected chi connectivity index (χ2v) is 5.61. The fourth-order valence-corrected chi connectivity index (χ4v) is 2.24. The Labute approximate surface area is 163 Å². The van der Waals surface area contributed by atoms with Crippen LogP contribution in [-0.4, -0.2) is 38.4 Å². The van der Waals surface area contributed by atoms with Crippen LogP contribution in [0, 0.1) is 0 Å². The summed E-state index contributed by atoms with van der Waals surface area (Å²) in [6, 6.07) is 12.2. The molecule has 0 aliphatic carbocycles. The van der Waals surface area contributed by atoms with Crippen molar-refractivity contribution in [2.45, 2.75) is 13.8 Å². The first-order valence-corrected chi connectivity index (χ1v) is 8.67. The zero-order valence-corrected chi connectivity index (χ0v) is 16.0. The normalized spacial score (nSPS) is 10.4. The first-order chi connectivity index (χ1) is 13.5. The third-order valence-electron chi connectivity index (χ3n) is 3.46. The molecule has 0 fully saturated rings. The number of rotatable bonds is 9. The molecule has 148 valence electrons. The molecule has 0 radical (unpaired) electrons. The fourth-order valence-electron chi connectivity index (χ4n) is 2.24. The Morgan fingerprint density at radius 1 is 1.11 bits per heavy atom. The molecule has 1 amide bonds. The van der Waals surface area contributed by atoms with Gasteiger partial charge in [-0.15, -0.1) is 0 Å². The van der Waals surface area contributed by atoms with Crippen LogP contribution in [-0.2, 0) is 9.59 Å². The average Bonchev–Trinajstić information content (AvgIpc) is 2.68. The lowest BCUT2D eigenvalue weighted by molar-refractivity contribution is -0.132. The molecule has 0 aliphatic rings. The number of carbonyl (C=O) groups excluding carboxylic acids is 2. The molecular weight excluding hydrogens is 362 g/mol. The van der Waals surface area contributed by atoms with Gasteiger partial charge >= 0.3 is 5.97 Å². The molecule has 0 aliphatic heterocycles. The lowest BCUT2D eigenvalue weighted by atomic mass is 10.2. The maximum atomic E-state index is 11.9. The lowest BCUT2D eigenvalue weighted by Gasteiger charge is -2.08. The number of carbonyl (C=O) groups is 2. The van der Waals surface area contributed by atoms with Crippen molar-refractivity contribution >= 4 is 23.8 Å². The highest BCUT2D eigenvalue weighted by Gasteiger charge is 2.07. The number of nitrogens with zero attached hydrogens (tertiary/aromatic N) is 1. The Bertz CT molecular complexity index is 834. The summed E-state index contributed by atoms with van der Waals surface area (Å²) in [4.78, 5) is 22.9. The molecule has 0 spiro atoms. The molecule has 28 heavy (non-hydrogen) atoms. The van der Waals surface area contributed by atoms with Crippen molar-refractivity contribution in [2.75, 3.05) is 25.6 Å². The number of ether oxygens (including phenoxy) is 3. The van der Waals surface area contributed by atoms with Gasteiger partial charge in [-0.05, 0) is 55.0 Å². The van der Waals surface area contributed by atoms with E-state index in [1.807, 2.05) is 31.2 Å². The van der Waals surface area contributed by atoms with Crippen molar-refractivity contribution in [1.82, 2.24) is 5.43 Å². The van der Waals surface area contributed by atoms with Gasteiger partial charge in [0.05, 0.1) is 26.5 Å². The van der Waals surface area contributed by atoms with Crippen LogP contribution in [0.5, 0.6) is 17.2 Å². The minimum absolute atomic E-state index is 0.0695. The molecule has 8 heteroatoms. The largest absolute Gasteiger partial charge is 0.494 e. The van der Waals surface area contributed by atoms with E-state index in [9.17, 15) is 9.59 Å². The predicted molar refractivity (Wildman–Crippen MR) is 106 cm³/mol. The van der Waals surface area contributed by atoms with Crippen molar-refractivity contribution in [3.8, 4) is 17.2 Å².